The number of rotatable bonds is 53. The largest absolute Gasteiger partial charge is 0.466 e. The molecule has 0 aromatic heterocycles. The van der Waals surface area contributed by atoms with Gasteiger partial charge in [-0.1, -0.05) is 309 Å². The van der Waals surface area contributed by atoms with Gasteiger partial charge in [-0.25, -0.2) is 0 Å². The molecule has 0 N–H and O–H groups in total. The maximum Gasteiger partial charge on any atom is 0.305 e. The van der Waals surface area contributed by atoms with Gasteiger partial charge in [-0.2, -0.15) is 0 Å². The van der Waals surface area contributed by atoms with Crippen LogP contribution in [0, 0.1) is 5.92 Å². The molecule has 0 amide bonds. The first-order valence-corrected chi connectivity index (χ1v) is 28.5. The Labute approximate surface area is 380 Å². The van der Waals surface area contributed by atoms with Crippen molar-refractivity contribution in [3.63, 3.8) is 0 Å². The molecule has 0 bridgehead atoms. The van der Waals surface area contributed by atoms with Crippen LogP contribution in [0.4, 0.5) is 0 Å². The molecule has 0 aromatic rings. The fourth-order valence-corrected chi connectivity index (χ4v) is 9.05. The Bertz CT molecular complexity index is 803. The Balaban J connectivity index is 3.16. The van der Waals surface area contributed by atoms with E-state index in [4.69, 9.17) is 4.74 Å². The summed E-state index contributed by atoms with van der Waals surface area (Å²) in [7, 11) is 0. The molecular weight excluding hydrogens is 729 g/mol. The summed E-state index contributed by atoms with van der Waals surface area (Å²) < 4.78 is 5.50. The highest BCUT2D eigenvalue weighted by Crippen LogP contribution is 2.19. The van der Waals surface area contributed by atoms with E-state index in [0.717, 1.165) is 18.8 Å². The van der Waals surface area contributed by atoms with Gasteiger partial charge >= 0.3 is 5.97 Å². The van der Waals surface area contributed by atoms with Gasteiger partial charge < -0.3 is 4.74 Å². The molecule has 1 unspecified atom stereocenters. The fraction of sp³-hybridized carbons (Fsp3) is 0.948. The molecule has 0 spiro atoms. The van der Waals surface area contributed by atoms with Crippen LogP contribution in [-0.4, -0.2) is 12.6 Å². The van der Waals surface area contributed by atoms with Crippen molar-refractivity contribution in [3.05, 3.63) is 12.2 Å². The van der Waals surface area contributed by atoms with E-state index < -0.39 is 0 Å². The maximum absolute atomic E-state index is 12.1. The lowest BCUT2D eigenvalue weighted by atomic mass is 9.99. The second-order valence-corrected chi connectivity index (χ2v) is 19.9. The number of carbonyl (C=O) groups excluding carboxylic acids is 1. The Morgan fingerprint density at radius 1 is 0.350 bits per heavy atom. The van der Waals surface area contributed by atoms with Gasteiger partial charge in [-0.05, 0) is 44.4 Å². The average Bonchev–Trinajstić information content (AvgIpc) is 3.25. The molecule has 0 aliphatic rings. The molecular formula is C58H114O2. The zero-order chi connectivity index (χ0) is 43.3. The molecule has 0 fully saturated rings. The Kier molecular flexibility index (Phi) is 53.6. The summed E-state index contributed by atoms with van der Waals surface area (Å²) >= 11 is 0. The molecule has 2 heteroatoms. The number of carbonyl (C=O) groups is 1. The average molecular weight is 844 g/mol. The van der Waals surface area contributed by atoms with Gasteiger partial charge in [0.1, 0.15) is 0 Å². The van der Waals surface area contributed by atoms with Crippen LogP contribution in [0.15, 0.2) is 12.2 Å². The van der Waals surface area contributed by atoms with Crippen LogP contribution in [0.5, 0.6) is 0 Å². The van der Waals surface area contributed by atoms with Crippen LogP contribution < -0.4 is 0 Å². The zero-order valence-electron chi connectivity index (χ0n) is 42.1. The van der Waals surface area contributed by atoms with E-state index >= 15 is 0 Å². The third-order valence-electron chi connectivity index (χ3n) is 13.7. The number of esters is 1. The molecule has 0 radical (unpaired) electrons. The van der Waals surface area contributed by atoms with E-state index in [0.29, 0.717) is 13.0 Å². The van der Waals surface area contributed by atoms with Gasteiger partial charge in [0.2, 0.25) is 0 Å². The molecule has 60 heavy (non-hydrogen) atoms. The third-order valence-corrected chi connectivity index (χ3v) is 13.7. The van der Waals surface area contributed by atoms with Crippen LogP contribution in [0.2, 0.25) is 0 Å². The van der Waals surface area contributed by atoms with Gasteiger partial charge in [-0.15, -0.1) is 0 Å². The molecule has 358 valence electrons. The van der Waals surface area contributed by atoms with Crippen molar-refractivity contribution in [3.8, 4) is 0 Å². The highest BCUT2D eigenvalue weighted by Gasteiger charge is 2.03. The molecule has 0 aliphatic heterocycles. The van der Waals surface area contributed by atoms with Crippen LogP contribution in [0.3, 0.4) is 0 Å². The predicted molar refractivity (Wildman–Crippen MR) is 271 cm³/mol. The summed E-state index contributed by atoms with van der Waals surface area (Å²) in [6, 6.07) is 0. The lowest BCUT2D eigenvalue weighted by Gasteiger charge is -2.07. The molecule has 0 heterocycles. The normalized spacial score (nSPS) is 12.2. The van der Waals surface area contributed by atoms with Crippen molar-refractivity contribution in [2.75, 3.05) is 6.61 Å². The first-order chi connectivity index (χ1) is 29.7. The Morgan fingerprint density at radius 3 is 0.933 bits per heavy atom. The van der Waals surface area contributed by atoms with Gasteiger partial charge in [-0.3, -0.25) is 4.79 Å². The van der Waals surface area contributed by atoms with Crippen LogP contribution in [0.1, 0.15) is 342 Å². The number of allylic oxidation sites excluding steroid dienone is 2. The molecule has 0 aromatic carbocycles. The minimum absolute atomic E-state index is 0.0294. The summed E-state index contributed by atoms with van der Waals surface area (Å²) in [5.74, 6) is 0.969. The van der Waals surface area contributed by atoms with Gasteiger partial charge in [0, 0.05) is 6.42 Å². The van der Waals surface area contributed by atoms with Crippen molar-refractivity contribution in [2.24, 2.45) is 5.92 Å². The standard InChI is InChI=1S/C58H114O2/c1-4-6-7-8-9-10-11-12-13-14-27-31-34-37-40-43-46-49-52-55-58(59)60-56-53-50-47-44-41-38-35-32-29-26-24-22-20-18-16-15-17-19-21-23-25-28-30-33-36-39-42-45-48-51-54-57(3)5-2/h12-13,57H,4-11,14-56H2,1-3H3. The predicted octanol–water partition coefficient (Wildman–Crippen LogP) is 21.3. The lowest BCUT2D eigenvalue weighted by Crippen LogP contribution is -2.05. The minimum Gasteiger partial charge on any atom is -0.466 e. The van der Waals surface area contributed by atoms with Crippen LogP contribution in [-0.2, 0) is 9.53 Å². The number of hydrogen-bond acceptors (Lipinski definition) is 2. The molecule has 0 rings (SSSR count). The molecule has 0 aliphatic carbocycles. The fourth-order valence-electron chi connectivity index (χ4n) is 9.05. The van der Waals surface area contributed by atoms with Gasteiger partial charge in [0.05, 0.1) is 6.61 Å². The number of unbranched alkanes of at least 4 members (excludes halogenated alkanes) is 44. The van der Waals surface area contributed by atoms with Crippen molar-refractivity contribution in [1.29, 1.82) is 0 Å². The SMILES string of the molecule is CCCCCCCCC=CCCCCCCCCCCCC(=O)OCCCCCCCCCCCCCCCCCCCCCCCCCCCCCCCCC(C)CC. The van der Waals surface area contributed by atoms with Gasteiger partial charge in [0.25, 0.3) is 0 Å². The van der Waals surface area contributed by atoms with Crippen molar-refractivity contribution in [1.82, 2.24) is 0 Å². The van der Waals surface area contributed by atoms with Crippen LogP contribution >= 0.6 is 0 Å². The highest BCUT2D eigenvalue weighted by atomic mass is 16.5. The summed E-state index contributed by atoms with van der Waals surface area (Å²) in [5.41, 5.74) is 0. The topological polar surface area (TPSA) is 26.3 Å². The van der Waals surface area contributed by atoms with Gasteiger partial charge in [0.15, 0.2) is 0 Å². The minimum atomic E-state index is 0.0294. The molecule has 1 atom stereocenters. The Morgan fingerprint density at radius 2 is 0.617 bits per heavy atom. The highest BCUT2D eigenvalue weighted by molar-refractivity contribution is 5.69. The van der Waals surface area contributed by atoms with E-state index in [1.807, 2.05) is 0 Å². The van der Waals surface area contributed by atoms with E-state index in [1.54, 1.807) is 0 Å². The molecule has 2 nitrogen and oxygen atoms in total. The van der Waals surface area contributed by atoms with E-state index in [9.17, 15) is 4.79 Å². The van der Waals surface area contributed by atoms with Crippen LogP contribution in [0.25, 0.3) is 0 Å². The summed E-state index contributed by atoms with van der Waals surface area (Å²) in [4.78, 5) is 12.1. The Hall–Kier alpha value is -0.790. The van der Waals surface area contributed by atoms with E-state index in [2.05, 4.69) is 32.9 Å². The monoisotopic (exact) mass is 843 g/mol. The smallest absolute Gasteiger partial charge is 0.305 e. The van der Waals surface area contributed by atoms with E-state index in [-0.39, 0.29) is 5.97 Å². The zero-order valence-corrected chi connectivity index (χ0v) is 42.1. The second-order valence-electron chi connectivity index (χ2n) is 19.9. The first kappa shape index (κ1) is 59.2. The third kappa shape index (κ3) is 53.3. The maximum atomic E-state index is 12.1. The summed E-state index contributed by atoms with van der Waals surface area (Å²) in [6.07, 6.45) is 73.8. The summed E-state index contributed by atoms with van der Waals surface area (Å²) in [6.45, 7) is 7.65. The van der Waals surface area contributed by atoms with Crippen molar-refractivity contribution < 1.29 is 9.53 Å². The number of hydrogen-bond donors (Lipinski definition) is 0. The van der Waals surface area contributed by atoms with Crippen molar-refractivity contribution >= 4 is 5.97 Å². The molecule has 0 saturated carbocycles. The van der Waals surface area contributed by atoms with E-state index in [1.165, 1.54) is 302 Å². The van der Waals surface area contributed by atoms with Crippen molar-refractivity contribution in [2.45, 2.75) is 342 Å². The first-order valence-electron chi connectivity index (χ1n) is 28.5. The number of ether oxygens (including phenoxy) is 1. The second kappa shape index (κ2) is 54.3. The lowest BCUT2D eigenvalue weighted by molar-refractivity contribution is -0.143. The molecule has 0 saturated heterocycles. The summed E-state index contributed by atoms with van der Waals surface area (Å²) in [5, 5.41) is 0. The quantitative estimate of drug-likeness (QED) is 0.0346.